The molecular formula is C19H21FN2O4S. The first-order valence-corrected chi connectivity index (χ1v) is 9.52. The molecule has 1 aliphatic rings. The molecule has 0 spiro atoms. The predicted octanol–water partition coefficient (Wildman–Crippen LogP) is 2.83. The summed E-state index contributed by atoms with van der Waals surface area (Å²) < 4.78 is 18.5. The third kappa shape index (κ3) is 4.33. The Hall–Kier alpha value is -2.32. The number of halogens is 1. The summed E-state index contributed by atoms with van der Waals surface area (Å²) in [5.74, 6) is -1.44. The average molecular weight is 392 g/mol. The number of piperidine rings is 1. The summed E-state index contributed by atoms with van der Waals surface area (Å²) >= 11 is 1.35. The number of ether oxygens (including phenoxy) is 1. The van der Waals surface area contributed by atoms with Crippen molar-refractivity contribution in [2.45, 2.75) is 19.3 Å². The molecule has 0 saturated carbocycles. The van der Waals surface area contributed by atoms with Gasteiger partial charge in [-0.2, -0.15) is 0 Å². The van der Waals surface area contributed by atoms with Crippen LogP contribution in [0.4, 0.5) is 4.39 Å². The maximum atomic E-state index is 13.4. The Morgan fingerprint density at radius 1 is 1.44 bits per heavy atom. The number of likely N-dealkylation sites (tertiary alicyclic amines) is 1. The van der Waals surface area contributed by atoms with Crippen molar-refractivity contribution >= 4 is 23.2 Å². The Morgan fingerprint density at radius 3 is 2.96 bits per heavy atom. The average Bonchev–Trinajstić information content (AvgIpc) is 3.10. The van der Waals surface area contributed by atoms with Crippen LogP contribution in [-0.2, 0) is 20.7 Å². The van der Waals surface area contributed by atoms with Crippen LogP contribution in [-0.4, -0.2) is 53.7 Å². The SMILES string of the molecule is COCC1(C(=O)O)CCCN(C(=O)Cc2csc(-c3cccc(F)c3)n2)C1. The number of thiazole rings is 1. The molecule has 0 bridgehead atoms. The summed E-state index contributed by atoms with van der Waals surface area (Å²) in [4.78, 5) is 30.4. The van der Waals surface area contributed by atoms with Gasteiger partial charge in [0.2, 0.25) is 5.91 Å². The number of aliphatic carboxylic acids is 1. The minimum atomic E-state index is -1.06. The number of carbonyl (C=O) groups is 2. The zero-order chi connectivity index (χ0) is 19.4. The highest BCUT2D eigenvalue weighted by Crippen LogP contribution is 2.31. The summed E-state index contributed by atoms with van der Waals surface area (Å²) in [5, 5.41) is 12.0. The second-order valence-electron chi connectivity index (χ2n) is 6.77. The Labute approximate surface area is 160 Å². The van der Waals surface area contributed by atoms with Crippen LogP contribution in [0.25, 0.3) is 10.6 Å². The molecule has 1 N–H and O–H groups in total. The van der Waals surface area contributed by atoms with E-state index in [0.717, 1.165) is 0 Å². The topological polar surface area (TPSA) is 79.7 Å². The van der Waals surface area contributed by atoms with Gasteiger partial charge in [-0.1, -0.05) is 12.1 Å². The number of rotatable bonds is 6. The molecule has 6 nitrogen and oxygen atoms in total. The lowest BCUT2D eigenvalue weighted by Gasteiger charge is -2.39. The van der Waals surface area contributed by atoms with Gasteiger partial charge in [-0.3, -0.25) is 9.59 Å². The highest BCUT2D eigenvalue weighted by Gasteiger charge is 2.43. The number of benzene rings is 1. The lowest BCUT2D eigenvalue weighted by Crippen LogP contribution is -2.52. The predicted molar refractivity (Wildman–Crippen MR) is 99.0 cm³/mol. The Morgan fingerprint density at radius 2 is 2.26 bits per heavy atom. The molecule has 0 aliphatic carbocycles. The Kier molecular flexibility index (Phi) is 5.86. The molecule has 1 aliphatic heterocycles. The molecule has 0 radical (unpaired) electrons. The zero-order valence-electron chi connectivity index (χ0n) is 15.0. The first-order valence-electron chi connectivity index (χ1n) is 8.64. The Balaban J connectivity index is 1.69. The van der Waals surface area contributed by atoms with E-state index in [9.17, 15) is 19.1 Å². The fourth-order valence-corrected chi connectivity index (χ4v) is 4.20. The molecule has 144 valence electrons. The first-order chi connectivity index (χ1) is 12.9. The number of amides is 1. The molecule has 1 atom stereocenters. The van der Waals surface area contributed by atoms with Crippen LogP contribution < -0.4 is 0 Å². The molecule has 1 amide bonds. The summed E-state index contributed by atoms with van der Waals surface area (Å²) in [5.41, 5.74) is 0.210. The summed E-state index contributed by atoms with van der Waals surface area (Å²) in [7, 11) is 1.47. The number of methoxy groups -OCH3 is 1. The van der Waals surface area contributed by atoms with Crippen molar-refractivity contribution in [2.24, 2.45) is 5.41 Å². The van der Waals surface area contributed by atoms with Crippen LogP contribution in [0.2, 0.25) is 0 Å². The molecule has 1 aromatic carbocycles. The van der Waals surface area contributed by atoms with Crippen LogP contribution in [0.3, 0.4) is 0 Å². The van der Waals surface area contributed by atoms with E-state index in [1.165, 1.54) is 30.6 Å². The van der Waals surface area contributed by atoms with Gasteiger partial charge in [-0.05, 0) is 25.0 Å². The van der Waals surface area contributed by atoms with Crippen LogP contribution >= 0.6 is 11.3 Å². The van der Waals surface area contributed by atoms with Gasteiger partial charge in [0.1, 0.15) is 16.2 Å². The molecule has 3 rings (SSSR count). The summed E-state index contributed by atoms with van der Waals surface area (Å²) in [6.07, 6.45) is 1.20. The normalized spacial score (nSPS) is 19.9. The van der Waals surface area contributed by atoms with E-state index in [1.54, 1.807) is 22.4 Å². The van der Waals surface area contributed by atoms with Gasteiger partial charge in [0.05, 0.1) is 18.7 Å². The number of carboxylic acid groups (broad SMARTS) is 1. The third-order valence-corrected chi connectivity index (χ3v) is 5.70. The molecular weight excluding hydrogens is 371 g/mol. The molecule has 2 aromatic rings. The van der Waals surface area contributed by atoms with Gasteiger partial charge in [0.15, 0.2) is 0 Å². The van der Waals surface area contributed by atoms with Crippen molar-refractivity contribution in [1.82, 2.24) is 9.88 Å². The number of nitrogens with zero attached hydrogens (tertiary/aromatic N) is 2. The van der Waals surface area contributed by atoms with E-state index >= 15 is 0 Å². The van der Waals surface area contributed by atoms with Crippen molar-refractivity contribution in [3.63, 3.8) is 0 Å². The van der Waals surface area contributed by atoms with Gasteiger partial charge in [-0.25, -0.2) is 9.37 Å². The van der Waals surface area contributed by atoms with Gasteiger partial charge >= 0.3 is 5.97 Å². The van der Waals surface area contributed by atoms with Crippen molar-refractivity contribution in [3.05, 3.63) is 41.2 Å². The van der Waals surface area contributed by atoms with Crippen molar-refractivity contribution in [2.75, 3.05) is 26.8 Å². The molecule has 1 fully saturated rings. The van der Waals surface area contributed by atoms with Crippen molar-refractivity contribution < 1.29 is 23.8 Å². The second kappa shape index (κ2) is 8.14. The fraction of sp³-hybridized carbons (Fsp3) is 0.421. The van der Waals surface area contributed by atoms with E-state index in [0.29, 0.717) is 35.7 Å². The second-order valence-corrected chi connectivity index (χ2v) is 7.63. The third-order valence-electron chi connectivity index (χ3n) is 4.76. The standard InChI is InChI=1S/C19H21FN2O4S/c1-26-12-19(18(24)25)6-3-7-22(11-19)16(23)9-15-10-27-17(21-15)13-4-2-5-14(20)8-13/h2,4-5,8,10H,3,6-7,9,11-12H2,1H3,(H,24,25). The van der Waals surface area contributed by atoms with E-state index in [2.05, 4.69) is 4.98 Å². The maximum Gasteiger partial charge on any atom is 0.313 e. The van der Waals surface area contributed by atoms with E-state index < -0.39 is 11.4 Å². The lowest BCUT2D eigenvalue weighted by atomic mass is 9.80. The first kappa shape index (κ1) is 19.4. The smallest absolute Gasteiger partial charge is 0.313 e. The molecule has 1 unspecified atom stereocenters. The molecule has 27 heavy (non-hydrogen) atoms. The zero-order valence-corrected chi connectivity index (χ0v) is 15.8. The minimum absolute atomic E-state index is 0.0759. The van der Waals surface area contributed by atoms with Gasteiger partial charge in [-0.15, -0.1) is 11.3 Å². The van der Waals surface area contributed by atoms with E-state index in [-0.39, 0.29) is 31.3 Å². The molecule has 8 heteroatoms. The van der Waals surface area contributed by atoms with Gasteiger partial charge < -0.3 is 14.7 Å². The molecule has 2 heterocycles. The van der Waals surface area contributed by atoms with Crippen LogP contribution in [0.15, 0.2) is 29.6 Å². The van der Waals surface area contributed by atoms with Gasteiger partial charge in [0.25, 0.3) is 0 Å². The van der Waals surface area contributed by atoms with Crippen LogP contribution in [0.1, 0.15) is 18.5 Å². The molecule has 1 saturated heterocycles. The number of aromatic nitrogens is 1. The minimum Gasteiger partial charge on any atom is -0.481 e. The highest BCUT2D eigenvalue weighted by molar-refractivity contribution is 7.13. The number of hydrogen-bond acceptors (Lipinski definition) is 5. The molecule has 1 aromatic heterocycles. The Bertz CT molecular complexity index is 837. The van der Waals surface area contributed by atoms with Crippen LogP contribution in [0.5, 0.6) is 0 Å². The van der Waals surface area contributed by atoms with Gasteiger partial charge in [0, 0.05) is 31.1 Å². The van der Waals surface area contributed by atoms with Crippen molar-refractivity contribution in [1.29, 1.82) is 0 Å². The quantitative estimate of drug-likeness (QED) is 0.818. The monoisotopic (exact) mass is 392 g/mol. The van der Waals surface area contributed by atoms with Crippen molar-refractivity contribution in [3.8, 4) is 10.6 Å². The largest absolute Gasteiger partial charge is 0.481 e. The summed E-state index contributed by atoms with van der Waals surface area (Å²) in [6, 6.07) is 6.16. The van der Waals surface area contributed by atoms with E-state index in [4.69, 9.17) is 4.74 Å². The van der Waals surface area contributed by atoms with Crippen LogP contribution in [0, 0.1) is 11.2 Å². The summed E-state index contributed by atoms with van der Waals surface area (Å²) in [6.45, 7) is 0.737. The fourth-order valence-electron chi connectivity index (χ4n) is 3.38. The van der Waals surface area contributed by atoms with E-state index in [1.807, 2.05) is 0 Å². The number of carbonyl (C=O) groups excluding carboxylic acids is 1. The number of carboxylic acids is 1. The number of hydrogen-bond donors (Lipinski definition) is 1. The maximum absolute atomic E-state index is 13.4. The lowest BCUT2D eigenvalue weighted by molar-refractivity contribution is -0.159. The highest BCUT2D eigenvalue weighted by atomic mass is 32.1.